The smallest absolute Gasteiger partial charge is 0.0716 e. The summed E-state index contributed by atoms with van der Waals surface area (Å²) in [4.78, 5) is 4.28. The van der Waals surface area contributed by atoms with Crippen molar-refractivity contribution in [1.29, 1.82) is 0 Å². The van der Waals surface area contributed by atoms with Crippen LogP contribution < -0.4 is 0 Å². The summed E-state index contributed by atoms with van der Waals surface area (Å²) in [7, 11) is 0. The van der Waals surface area contributed by atoms with Gasteiger partial charge < -0.3 is 4.74 Å². The van der Waals surface area contributed by atoms with Crippen molar-refractivity contribution in [3.05, 3.63) is 66.0 Å². The fraction of sp³-hybridized carbons (Fsp3) is 0.267. The summed E-state index contributed by atoms with van der Waals surface area (Å²) in [6, 6.07) is 16.3. The van der Waals surface area contributed by atoms with Crippen molar-refractivity contribution in [3.63, 3.8) is 0 Å². The quantitative estimate of drug-likeness (QED) is 0.707. The number of hydrogen-bond acceptors (Lipinski definition) is 2. The standard InChI is InChI=1S/C15H17NO/c1-2-7-14(8-3-1)13-17-12-6-10-15-9-4-5-11-16-15/h1-5,7-9,11H,6,10,12-13H2. The average Bonchev–Trinajstić information content (AvgIpc) is 2.41. The molecule has 0 unspecified atom stereocenters. The lowest BCUT2D eigenvalue weighted by molar-refractivity contribution is 0.118. The zero-order valence-electron chi connectivity index (χ0n) is 9.88. The van der Waals surface area contributed by atoms with Crippen molar-refractivity contribution in [2.75, 3.05) is 6.61 Å². The largest absolute Gasteiger partial charge is 0.377 e. The third-order valence-corrected chi connectivity index (χ3v) is 2.56. The van der Waals surface area contributed by atoms with E-state index in [-0.39, 0.29) is 0 Å². The molecular weight excluding hydrogens is 210 g/mol. The molecule has 0 spiro atoms. The van der Waals surface area contributed by atoms with Crippen LogP contribution in [0.2, 0.25) is 0 Å². The number of hydrogen-bond donors (Lipinski definition) is 0. The number of rotatable bonds is 6. The first-order valence-electron chi connectivity index (χ1n) is 5.97. The van der Waals surface area contributed by atoms with E-state index in [1.54, 1.807) is 0 Å². The molecule has 2 rings (SSSR count). The minimum atomic E-state index is 0.697. The molecule has 0 N–H and O–H groups in total. The molecule has 1 aromatic carbocycles. The highest BCUT2D eigenvalue weighted by molar-refractivity contribution is 5.13. The third-order valence-electron chi connectivity index (χ3n) is 2.56. The Labute approximate surface area is 102 Å². The number of ether oxygens (including phenoxy) is 1. The summed E-state index contributed by atoms with van der Waals surface area (Å²) in [5.74, 6) is 0. The van der Waals surface area contributed by atoms with Crippen LogP contribution in [0.4, 0.5) is 0 Å². The van der Waals surface area contributed by atoms with Crippen LogP contribution in [0, 0.1) is 0 Å². The van der Waals surface area contributed by atoms with Gasteiger partial charge in [0, 0.05) is 18.5 Å². The Balaban J connectivity index is 1.61. The van der Waals surface area contributed by atoms with E-state index in [0.717, 1.165) is 25.1 Å². The number of benzene rings is 1. The highest BCUT2D eigenvalue weighted by Crippen LogP contribution is 2.02. The molecule has 0 atom stereocenters. The van der Waals surface area contributed by atoms with E-state index in [2.05, 4.69) is 23.2 Å². The van der Waals surface area contributed by atoms with Crippen molar-refractivity contribution in [2.45, 2.75) is 19.4 Å². The minimum Gasteiger partial charge on any atom is -0.377 e. The second-order valence-corrected chi connectivity index (χ2v) is 3.96. The first-order chi connectivity index (χ1) is 8.45. The molecule has 0 bridgehead atoms. The maximum absolute atomic E-state index is 5.61. The van der Waals surface area contributed by atoms with E-state index < -0.39 is 0 Å². The van der Waals surface area contributed by atoms with Gasteiger partial charge in [-0.25, -0.2) is 0 Å². The summed E-state index contributed by atoms with van der Waals surface area (Å²) in [5, 5.41) is 0. The van der Waals surface area contributed by atoms with Gasteiger partial charge in [-0.1, -0.05) is 36.4 Å². The predicted molar refractivity (Wildman–Crippen MR) is 68.7 cm³/mol. The highest BCUT2D eigenvalue weighted by Gasteiger charge is 1.94. The van der Waals surface area contributed by atoms with Gasteiger partial charge in [0.2, 0.25) is 0 Å². The number of pyridine rings is 1. The SMILES string of the molecule is c1ccc(COCCCc2ccccn2)cc1. The Morgan fingerprint density at radius 3 is 2.53 bits per heavy atom. The minimum absolute atomic E-state index is 0.697. The molecule has 0 saturated carbocycles. The fourth-order valence-electron chi connectivity index (χ4n) is 1.67. The van der Waals surface area contributed by atoms with Crippen LogP contribution >= 0.6 is 0 Å². The predicted octanol–water partition coefficient (Wildman–Crippen LogP) is 3.23. The van der Waals surface area contributed by atoms with Gasteiger partial charge in [0.25, 0.3) is 0 Å². The molecule has 88 valence electrons. The average molecular weight is 227 g/mol. The Kier molecular flexibility index (Phi) is 4.73. The van der Waals surface area contributed by atoms with E-state index in [1.165, 1.54) is 5.56 Å². The fourth-order valence-corrected chi connectivity index (χ4v) is 1.67. The molecule has 0 aliphatic rings. The zero-order chi connectivity index (χ0) is 11.8. The van der Waals surface area contributed by atoms with E-state index in [1.807, 2.05) is 36.5 Å². The van der Waals surface area contributed by atoms with Crippen molar-refractivity contribution < 1.29 is 4.74 Å². The molecule has 0 aliphatic carbocycles. The molecule has 0 amide bonds. The maximum Gasteiger partial charge on any atom is 0.0716 e. The summed E-state index contributed by atoms with van der Waals surface area (Å²) in [5.41, 5.74) is 2.36. The second-order valence-electron chi connectivity index (χ2n) is 3.96. The van der Waals surface area contributed by atoms with Gasteiger partial charge in [0.1, 0.15) is 0 Å². The highest BCUT2D eigenvalue weighted by atomic mass is 16.5. The number of aryl methyl sites for hydroxylation is 1. The molecule has 2 nitrogen and oxygen atoms in total. The van der Waals surface area contributed by atoms with E-state index in [4.69, 9.17) is 4.74 Å². The van der Waals surface area contributed by atoms with Crippen LogP contribution in [0.5, 0.6) is 0 Å². The summed E-state index contributed by atoms with van der Waals surface area (Å²) < 4.78 is 5.61. The molecule has 1 heterocycles. The van der Waals surface area contributed by atoms with Crippen LogP contribution in [0.1, 0.15) is 17.7 Å². The maximum atomic E-state index is 5.61. The molecule has 0 radical (unpaired) electrons. The lowest BCUT2D eigenvalue weighted by Gasteiger charge is -2.04. The summed E-state index contributed by atoms with van der Waals surface area (Å²) in [6.07, 6.45) is 3.83. The van der Waals surface area contributed by atoms with Crippen LogP contribution in [-0.4, -0.2) is 11.6 Å². The van der Waals surface area contributed by atoms with Gasteiger partial charge in [0.05, 0.1) is 6.61 Å². The van der Waals surface area contributed by atoms with Gasteiger partial charge in [-0.2, -0.15) is 0 Å². The summed E-state index contributed by atoms with van der Waals surface area (Å²) >= 11 is 0. The van der Waals surface area contributed by atoms with Crippen LogP contribution in [0.3, 0.4) is 0 Å². The monoisotopic (exact) mass is 227 g/mol. The Morgan fingerprint density at radius 1 is 0.941 bits per heavy atom. The van der Waals surface area contributed by atoms with Crippen LogP contribution in [-0.2, 0) is 17.8 Å². The first kappa shape index (κ1) is 11.8. The number of aromatic nitrogens is 1. The van der Waals surface area contributed by atoms with Gasteiger partial charge in [-0.3, -0.25) is 4.98 Å². The van der Waals surface area contributed by atoms with Gasteiger partial charge >= 0.3 is 0 Å². The van der Waals surface area contributed by atoms with E-state index in [9.17, 15) is 0 Å². The van der Waals surface area contributed by atoms with Gasteiger partial charge in [-0.05, 0) is 30.5 Å². The molecule has 2 aromatic rings. The first-order valence-corrected chi connectivity index (χ1v) is 5.97. The Bertz CT molecular complexity index is 372. The molecule has 0 aliphatic heterocycles. The van der Waals surface area contributed by atoms with Gasteiger partial charge in [0.15, 0.2) is 0 Å². The Hall–Kier alpha value is -1.67. The molecule has 0 fully saturated rings. The topological polar surface area (TPSA) is 22.1 Å². The van der Waals surface area contributed by atoms with Crippen molar-refractivity contribution in [1.82, 2.24) is 4.98 Å². The number of nitrogens with zero attached hydrogens (tertiary/aromatic N) is 1. The zero-order valence-corrected chi connectivity index (χ0v) is 9.88. The second kappa shape index (κ2) is 6.81. The van der Waals surface area contributed by atoms with Crippen LogP contribution in [0.15, 0.2) is 54.7 Å². The molecule has 17 heavy (non-hydrogen) atoms. The van der Waals surface area contributed by atoms with E-state index in [0.29, 0.717) is 6.61 Å². The summed E-state index contributed by atoms with van der Waals surface area (Å²) in [6.45, 7) is 1.48. The molecule has 1 aromatic heterocycles. The third kappa shape index (κ3) is 4.37. The van der Waals surface area contributed by atoms with Crippen molar-refractivity contribution in [3.8, 4) is 0 Å². The lowest BCUT2D eigenvalue weighted by atomic mass is 10.2. The molecule has 2 heteroatoms. The normalized spacial score (nSPS) is 10.4. The van der Waals surface area contributed by atoms with E-state index >= 15 is 0 Å². The van der Waals surface area contributed by atoms with Crippen molar-refractivity contribution in [2.24, 2.45) is 0 Å². The lowest BCUT2D eigenvalue weighted by Crippen LogP contribution is -1.98. The van der Waals surface area contributed by atoms with Crippen molar-refractivity contribution >= 4 is 0 Å². The molecular formula is C15H17NO. The Morgan fingerprint density at radius 2 is 1.76 bits per heavy atom. The molecule has 0 saturated heterocycles. The van der Waals surface area contributed by atoms with Crippen LogP contribution in [0.25, 0.3) is 0 Å². The van der Waals surface area contributed by atoms with Gasteiger partial charge in [-0.15, -0.1) is 0 Å².